The van der Waals surface area contributed by atoms with E-state index >= 15 is 0 Å². The summed E-state index contributed by atoms with van der Waals surface area (Å²) in [6.07, 6.45) is 6.96. The van der Waals surface area contributed by atoms with Gasteiger partial charge >= 0.3 is 0 Å². The third-order valence-electron chi connectivity index (χ3n) is 3.95. The number of carbonyl (C=O) groups is 2. The highest BCUT2D eigenvalue weighted by Gasteiger charge is 2.31. The van der Waals surface area contributed by atoms with Crippen LogP contribution in [-0.4, -0.2) is 35.1 Å². The van der Waals surface area contributed by atoms with E-state index in [9.17, 15) is 14.7 Å². The van der Waals surface area contributed by atoms with Crippen LogP contribution in [0.2, 0.25) is 0 Å². The van der Waals surface area contributed by atoms with Crippen molar-refractivity contribution < 1.29 is 14.7 Å². The van der Waals surface area contributed by atoms with Crippen molar-refractivity contribution in [2.75, 3.05) is 6.54 Å². The molecule has 1 aliphatic carbocycles. The van der Waals surface area contributed by atoms with Gasteiger partial charge in [-0.15, -0.1) is 0 Å². The highest BCUT2D eigenvalue weighted by atomic mass is 16.3. The fourth-order valence-electron chi connectivity index (χ4n) is 2.76. The van der Waals surface area contributed by atoms with Crippen molar-refractivity contribution in [1.29, 1.82) is 0 Å². The third-order valence-corrected chi connectivity index (χ3v) is 3.95. The van der Waals surface area contributed by atoms with Gasteiger partial charge in [0.05, 0.1) is 11.6 Å². The highest BCUT2D eigenvalue weighted by molar-refractivity contribution is 6.00. The number of rotatable bonds is 3. The van der Waals surface area contributed by atoms with E-state index in [1.807, 2.05) is 0 Å². The SMILES string of the molecule is O=C1CCC(NCC2(O)CCCCCC2)C(=O)N1. The van der Waals surface area contributed by atoms with Crippen LogP contribution in [0.5, 0.6) is 0 Å². The standard InChI is InChI=1S/C13H22N2O3/c16-11-6-5-10(12(17)15-11)14-9-13(18)7-3-1-2-4-8-13/h10,14,18H,1-9H2,(H,15,16,17). The van der Waals surface area contributed by atoms with E-state index in [0.29, 0.717) is 19.4 Å². The van der Waals surface area contributed by atoms with Gasteiger partial charge in [0.15, 0.2) is 0 Å². The molecule has 2 rings (SSSR count). The van der Waals surface area contributed by atoms with Crippen LogP contribution in [0, 0.1) is 0 Å². The smallest absolute Gasteiger partial charge is 0.243 e. The first-order valence-corrected chi connectivity index (χ1v) is 6.89. The normalized spacial score (nSPS) is 28.6. The van der Waals surface area contributed by atoms with Gasteiger partial charge in [-0.2, -0.15) is 0 Å². The van der Waals surface area contributed by atoms with Crippen LogP contribution >= 0.6 is 0 Å². The van der Waals surface area contributed by atoms with Crippen molar-refractivity contribution in [3.05, 3.63) is 0 Å². The van der Waals surface area contributed by atoms with Crippen molar-refractivity contribution in [2.24, 2.45) is 0 Å². The Balaban J connectivity index is 1.82. The molecule has 3 N–H and O–H groups in total. The quantitative estimate of drug-likeness (QED) is 0.505. The Morgan fingerprint density at radius 1 is 1.22 bits per heavy atom. The Bertz CT molecular complexity index is 322. The molecule has 2 fully saturated rings. The Morgan fingerprint density at radius 3 is 2.50 bits per heavy atom. The summed E-state index contributed by atoms with van der Waals surface area (Å²) in [4.78, 5) is 22.6. The van der Waals surface area contributed by atoms with Crippen LogP contribution in [0.15, 0.2) is 0 Å². The third kappa shape index (κ3) is 3.53. The summed E-state index contributed by atoms with van der Waals surface area (Å²) in [7, 11) is 0. The van der Waals surface area contributed by atoms with Gasteiger partial charge in [0.1, 0.15) is 0 Å². The number of aliphatic hydroxyl groups is 1. The van der Waals surface area contributed by atoms with Crippen LogP contribution in [0.4, 0.5) is 0 Å². The topological polar surface area (TPSA) is 78.4 Å². The molecule has 102 valence electrons. The lowest BCUT2D eigenvalue weighted by Crippen LogP contribution is -2.54. The number of nitrogens with one attached hydrogen (secondary N) is 2. The second-order valence-electron chi connectivity index (χ2n) is 5.52. The average Bonchev–Trinajstić information content (AvgIpc) is 2.54. The zero-order valence-corrected chi connectivity index (χ0v) is 10.7. The molecule has 0 spiro atoms. The molecule has 18 heavy (non-hydrogen) atoms. The first kappa shape index (κ1) is 13.5. The molecule has 0 bridgehead atoms. The second kappa shape index (κ2) is 5.80. The van der Waals surface area contributed by atoms with E-state index in [0.717, 1.165) is 25.7 Å². The van der Waals surface area contributed by atoms with E-state index in [-0.39, 0.29) is 17.9 Å². The Labute approximate surface area is 107 Å². The fraction of sp³-hybridized carbons (Fsp3) is 0.846. The zero-order valence-electron chi connectivity index (χ0n) is 10.7. The summed E-state index contributed by atoms with van der Waals surface area (Å²) in [5.41, 5.74) is -0.682. The summed E-state index contributed by atoms with van der Waals surface area (Å²) in [5.74, 6) is -0.463. The predicted octanol–water partition coefficient (Wildman–Crippen LogP) is 0.466. The van der Waals surface area contributed by atoms with Crippen molar-refractivity contribution in [2.45, 2.75) is 63.0 Å². The van der Waals surface area contributed by atoms with Gasteiger partial charge in [-0.25, -0.2) is 0 Å². The van der Waals surface area contributed by atoms with Gasteiger partial charge in [0, 0.05) is 13.0 Å². The minimum absolute atomic E-state index is 0.203. The Hall–Kier alpha value is -0.940. The first-order chi connectivity index (χ1) is 8.59. The second-order valence-corrected chi connectivity index (χ2v) is 5.52. The fourth-order valence-corrected chi connectivity index (χ4v) is 2.76. The van der Waals surface area contributed by atoms with E-state index in [1.54, 1.807) is 0 Å². The molecule has 0 aromatic carbocycles. The van der Waals surface area contributed by atoms with Gasteiger partial charge in [-0.1, -0.05) is 25.7 Å². The monoisotopic (exact) mass is 254 g/mol. The largest absolute Gasteiger partial charge is 0.389 e. The molecule has 1 heterocycles. The van der Waals surface area contributed by atoms with Crippen LogP contribution < -0.4 is 10.6 Å². The molecule has 1 atom stereocenters. The van der Waals surface area contributed by atoms with E-state index < -0.39 is 5.60 Å². The molecule has 1 saturated heterocycles. The van der Waals surface area contributed by atoms with Crippen molar-refractivity contribution in [3.63, 3.8) is 0 Å². The summed E-state index contributed by atoms with van der Waals surface area (Å²) in [5, 5.41) is 15.9. The van der Waals surface area contributed by atoms with Gasteiger partial charge < -0.3 is 10.4 Å². The van der Waals surface area contributed by atoms with Crippen LogP contribution in [0.1, 0.15) is 51.4 Å². The van der Waals surface area contributed by atoms with Gasteiger partial charge in [0.2, 0.25) is 11.8 Å². The van der Waals surface area contributed by atoms with Gasteiger partial charge in [0.25, 0.3) is 0 Å². The first-order valence-electron chi connectivity index (χ1n) is 6.89. The molecule has 1 unspecified atom stereocenters. The molecular weight excluding hydrogens is 232 g/mol. The number of amides is 2. The summed E-state index contributed by atoms with van der Waals surface area (Å²) >= 11 is 0. The Morgan fingerprint density at radius 2 is 1.89 bits per heavy atom. The molecular formula is C13H22N2O3. The maximum atomic E-state index is 11.6. The van der Waals surface area contributed by atoms with E-state index in [4.69, 9.17) is 0 Å². The highest BCUT2D eigenvalue weighted by Crippen LogP contribution is 2.26. The summed E-state index contributed by atoms with van der Waals surface area (Å²) in [6.45, 7) is 0.444. The predicted molar refractivity (Wildman–Crippen MR) is 66.8 cm³/mol. The molecule has 1 aliphatic heterocycles. The number of imide groups is 1. The Kier molecular flexibility index (Phi) is 4.35. The van der Waals surface area contributed by atoms with Crippen molar-refractivity contribution in [3.8, 4) is 0 Å². The van der Waals surface area contributed by atoms with Gasteiger partial charge in [-0.3, -0.25) is 14.9 Å². The number of carbonyl (C=O) groups excluding carboxylic acids is 2. The molecule has 0 aromatic heterocycles. The lowest BCUT2D eigenvalue weighted by Gasteiger charge is -2.30. The summed E-state index contributed by atoms with van der Waals surface area (Å²) < 4.78 is 0. The van der Waals surface area contributed by atoms with Gasteiger partial charge in [-0.05, 0) is 19.3 Å². The van der Waals surface area contributed by atoms with E-state index in [1.165, 1.54) is 12.8 Å². The average molecular weight is 254 g/mol. The van der Waals surface area contributed by atoms with Crippen LogP contribution in [0.3, 0.4) is 0 Å². The number of hydrogen-bond donors (Lipinski definition) is 3. The molecule has 5 nitrogen and oxygen atoms in total. The maximum Gasteiger partial charge on any atom is 0.243 e. The molecule has 2 aliphatic rings. The molecule has 5 heteroatoms. The number of hydrogen-bond acceptors (Lipinski definition) is 4. The van der Waals surface area contributed by atoms with Crippen LogP contribution in [-0.2, 0) is 9.59 Å². The molecule has 2 amide bonds. The minimum atomic E-state index is -0.682. The minimum Gasteiger partial charge on any atom is -0.389 e. The molecule has 0 radical (unpaired) electrons. The lowest BCUT2D eigenvalue weighted by molar-refractivity contribution is -0.134. The van der Waals surface area contributed by atoms with Crippen LogP contribution in [0.25, 0.3) is 0 Å². The summed E-state index contributed by atoms with van der Waals surface area (Å²) in [6, 6.07) is -0.338. The lowest BCUT2D eigenvalue weighted by atomic mass is 9.93. The van der Waals surface area contributed by atoms with Crippen molar-refractivity contribution >= 4 is 11.8 Å². The van der Waals surface area contributed by atoms with Crippen molar-refractivity contribution in [1.82, 2.24) is 10.6 Å². The molecule has 0 aromatic rings. The molecule has 1 saturated carbocycles. The number of piperidine rings is 1. The zero-order chi connectivity index (χ0) is 13.0. The van der Waals surface area contributed by atoms with E-state index in [2.05, 4.69) is 10.6 Å². The maximum absolute atomic E-state index is 11.6.